The van der Waals surface area contributed by atoms with Crippen LogP contribution in [0.4, 0.5) is 5.69 Å². The molecule has 0 aromatic carbocycles. The summed E-state index contributed by atoms with van der Waals surface area (Å²) in [7, 11) is 0. The fraction of sp³-hybridized carbons (Fsp3) is 0.143. The number of nitrogens with zero attached hydrogens (tertiary/aromatic N) is 2. The van der Waals surface area contributed by atoms with Crippen LogP contribution in [0.3, 0.4) is 0 Å². The van der Waals surface area contributed by atoms with Crippen molar-refractivity contribution in [3.05, 3.63) is 18.7 Å². The monoisotopic (exact) mass is 181 g/mol. The minimum Gasteiger partial charge on any atom is -0.481 e. The number of carboxylic acids is 1. The second-order valence-electron chi connectivity index (χ2n) is 2.25. The third-order valence-electron chi connectivity index (χ3n) is 1.16. The molecule has 68 valence electrons. The smallest absolute Gasteiger partial charge is 0.312 e. The molecule has 1 aromatic heterocycles. The van der Waals surface area contributed by atoms with Gasteiger partial charge in [0, 0.05) is 0 Å². The number of hydrogen-bond acceptors (Lipinski definition) is 4. The summed E-state index contributed by atoms with van der Waals surface area (Å²) in [6.07, 6.45) is 3.52. The standard InChI is InChI=1S/C7H7N3O3/c11-6(1-7(12)13)10-5-2-8-4-9-3-5/h2-4H,1H2,(H,10,11)(H,12,13). The van der Waals surface area contributed by atoms with E-state index in [1.54, 1.807) is 0 Å². The van der Waals surface area contributed by atoms with Crippen LogP contribution < -0.4 is 5.32 Å². The number of aromatic nitrogens is 2. The number of anilines is 1. The number of carbonyl (C=O) groups excluding carboxylic acids is 1. The summed E-state index contributed by atoms with van der Waals surface area (Å²) in [5.41, 5.74) is 0.383. The number of amides is 1. The van der Waals surface area contributed by atoms with Crippen molar-refractivity contribution in [2.24, 2.45) is 0 Å². The summed E-state index contributed by atoms with van der Waals surface area (Å²) < 4.78 is 0. The summed E-state index contributed by atoms with van der Waals surface area (Å²) in [6, 6.07) is 0. The summed E-state index contributed by atoms with van der Waals surface area (Å²) in [5.74, 6) is -1.77. The highest BCUT2D eigenvalue weighted by molar-refractivity contribution is 6.01. The van der Waals surface area contributed by atoms with Gasteiger partial charge in [0.2, 0.25) is 5.91 Å². The van der Waals surface area contributed by atoms with Crippen molar-refractivity contribution in [2.45, 2.75) is 6.42 Å². The minimum atomic E-state index is -1.17. The number of aliphatic carboxylic acids is 1. The molecule has 1 rings (SSSR count). The van der Waals surface area contributed by atoms with E-state index in [9.17, 15) is 9.59 Å². The first-order valence-corrected chi connectivity index (χ1v) is 3.45. The van der Waals surface area contributed by atoms with E-state index in [-0.39, 0.29) is 0 Å². The van der Waals surface area contributed by atoms with Gasteiger partial charge >= 0.3 is 5.97 Å². The van der Waals surface area contributed by atoms with Crippen molar-refractivity contribution in [3.8, 4) is 0 Å². The van der Waals surface area contributed by atoms with Crippen LogP contribution in [0.5, 0.6) is 0 Å². The van der Waals surface area contributed by atoms with Gasteiger partial charge in [-0.2, -0.15) is 0 Å². The molecule has 6 nitrogen and oxygen atoms in total. The fourth-order valence-corrected chi connectivity index (χ4v) is 0.706. The zero-order chi connectivity index (χ0) is 9.68. The first-order valence-electron chi connectivity index (χ1n) is 3.45. The van der Waals surface area contributed by atoms with Crippen LogP contribution in [0.2, 0.25) is 0 Å². The number of hydrogen-bond donors (Lipinski definition) is 2. The van der Waals surface area contributed by atoms with Gasteiger partial charge < -0.3 is 10.4 Å². The van der Waals surface area contributed by atoms with Crippen molar-refractivity contribution in [2.75, 3.05) is 5.32 Å². The van der Waals surface area contributed by atoms with E-state index < -0.39 is 18.3 Å². The predicted molar refractivity (Wildman–Crippen MR) is 42.9 cm³/mol. The van der Waals surface area contributed by atoms with Gasteiger partial charge in [0.05, 0.1) is 18.1 Å². The van der Waals surface area contributed by atoms with Crippen LogP contribution in [0.25, 0.3) is 0 Å². The Hall–Kier alpha value is -1.98. The van der Waals surface area contributed by atoms with Crippen LogP contribution >= 0.6 is 0 Å². The van der Waals surface area contributed by atoms with Gasteiger partial charge in [-0.1, -0.05) is 0 Å². The van der Waals surface area contributed by atoms with Gasteiger partial charge in [-0.05, 0) is 0 Å². The molecular formula is C7H7N3O3. The van der Waals surface area contributed by atoms with Crippen LogP contribution in [0, 0.1) is 0 Å². The zero-order valence-corrected chi connectivity index (χ0v) is 6.60. The van der Waals surface area contributed by atoms with E-state index in [4.69, 9.17) is 5.11 Å². The maximum atomic E-state index is 10.9. The molecule has 2 N–H and O–H groups in total. The molecule has 0 spiro atoms. The van der Waals surface area contributed by atoms with Gasteiger partial charge in [0.1, 0.15) is 12.7 Å². The van der Waals surface area contributed by atoms with Crippen LogP contribution in [0.1, 0.15) is 6.42 Å². The fourth-order valence-electron chi connectivity index (χ4n) is 0.706. The topological polar surface area (TPSA) is 92.2 Å². The molecule has 0 fully saturated rings. The van der Waals surface area contributed by atoms with E-state index in [1.807, 2.05) is 0 Å². The Balaban J connectivity index is 2.50. The van der Waals surface area contributed by atoms with Gasteiger partial charge in [-0.3, -0.25) is 9.59 Å². The number of rotatable bonds is 3. The maximum Gasteiger partial charge on any atom is 0.312 e. The summed E-state index contributed by atoms with van der Waals surface area (Å²) in [6.45, 7) is 0. The van der Waals surface area contributed by atoms with Crippen LogP contribution in [0.15, 0.2) is 18.7 Å². The van der Waals surface area contributed by atoms with Gasteiger partial charge in [0.15, 0.2) is 0 Å². The van der Waals surface area contributed by atoms with E-state index in [0.29, 0.717) is 5.69 Å². The lowest BCUT2D eigenvalue weighted by molar-refractivity contribution is -0.139. The Bertz CT molecular complexity index is 312. The number of nitrogens with one attached hydrogen (secondary N) is 1. The highest BCUT2D eigenvalue weighted by atomic mass is 16.4. The SMILES string of the molecule is O=C(O)CC(=O)Nc1cncnc1. The molecular weight excluding hydrogens is 174 g/mol. The highest BCUT2D eigenvalue weighted by Gasteiger charge is 2.07. The first-order chi connectivity index (χ1) is 6.18. The number of carboxylic acid groups (broad SMARTS) is 1. The van der Waals surface area contributed by atoms with Gasteiger partial charge in [-0.15, -0.1) is 0 Å². The summed E-state index contributed by atoms with van der Waals surface area (Å²) in [4.78, 5) is 28.3. The molecule has 0 saturated carbocycles. The van der Waals surface area contributed by atoms with Crippen LogP contribution in [-0.2, 0) is 9.59 Å². The second-order valence-corrected chi connectivity index (χ2v) is 2.25. The van der Waals surface area contributed by atoms with E-state index in [1.165, 1.54) is 18.7 Å². The minimum absolute atomic E-state index is 0.383. The van der Waals surface area contributed by atoms with Crippen LogP contribution in [-0.4, -0.2) is 27.0 Å². The molecule has 6 heteroatoms. The Kier molecular flexibility index (Phi) is 2.91. The summed E-state index contributed by atoms with van der Waals surface area (Å²) >= 11 is 0. The third-order valence-corrected chi connectivity index (χ3v) is 1.16. The normalized spacial score (nSPS) is 9.23. The first kappa shape index (κ1) is 9.11. The predicted octanol–water partition coefficient (Wildman–Crippen LogP) is -0.110. The van der Waals surface area contributed by atoms with Crippen molar-refractivity contribution >= 4 is 17.6 Å². The molecule has 0 unspecified atom stereocenters. The van der Waals surface area contributed by atoms with E-state index in [2.05, 4.69) is 15.3 Å². The Labute approximate surface area is 73.6 Å². The average Bonchev–Trinajstić information content (AvgIpc) is 2.04. The highest BCUT2D eigenvalue weighted by Crippen LogP contribution is 2.00. The molecule has 0 atom stereocenters. The molecule has 0 radical (unpaired) electrons. The second kappa shape index (κ2) is 4.15. The quantitative estimate of drug-likeness (QED) is 0.634. The van der Waals surface area contributed by atoms with Crippen molar-refractivity contribution in [3.63, 3.8) is 0 Å². The molecule has 0 saturated heterocycles. The molecule has 0 aliphatic heterocycles. The van der Waals surface area contributed by atoms with E-state index in [0.717, 1.165) is 0 Å². The average molecular weight is 181 g/mol. The van der Waals surface area contributed by atoms with Crippen molar-refractivity contribution in [1.82, 2.24) is 9.97 Å². The lowest BCUT2D eigenvalue weighted by Gasteiger charge is -2.00. The molecule has 1 aromatic rings. The summed E-state index contributed by atoms with van der Waals surface area (Å²) in [5, 5.41) is 10.6. The lowest BCUT2D eigenvalue weighted by atomic mass is 10.4. The molecule has 13 heavy (non-hydrogen) atoms. The zero-order valence-electron chi connectivity index (χ0n) is 6.60. The largest absolute Gasteiger partial charge is 0.481 e. The Morgan fingerprint density at radius 3 is 2.54 bits per heavy atom. The van der Waals surface area contributed by atoms with Crippen molar-refractivity contribution < 1.29 is 14.7 Å². The van der Waals surface area contributed by atoms with Crippen molar-refractivity contribution in [1.29, 1.82) is 0 Å². The molecule has 1 heterocycles. The molecule has 0 aliphatic rings. The lowest BCUT2D eigenvalue weighted by Crippen LogP contribution is -2.16. The van der Waals surface area contributed by atoms with E-state index >= 15 is 0 Å². The number of carbonyl (C=O) groups is 2. The maximum absolute atomic E-state index is 10.9. The van der Waals surface area contributed by atoms with Gasteiger partial charge in [0.25, 0.3) is 0 Å². The Morgan fingerprint density at radius 2 is 2.00 bits per heavy atom. The third kappa shape index (κ3) is 3.28. The van der Waals surface area contributed by atoms with Gasteiger partial charge in [-0.25, -0.2) is 9.97 Å². The molecule has 0 bridgehead atoms. The molecule has 1 amide bonds. The Morgan fingerprint density at radius 1 is 1.38 bits per heavy atom. The molecule has 0 aliphatic carbocycles.